The lowest BCUT2D eigenvalue weighted by atomic mass is 9.87. The van der Waals surface area contributed by atoms with Crippen molar-refractivity contribution in [2.24, 2.45) is 0 Å². The number of carbonyl (C=O) groups is 1. The summed E-state index contributed by atoms with van der Waals surface area (Å²) in [7, 11) is 0. The Bertz CT molecular complexity index is 654. The predicted octanol–water partition coefficient (Wildman–Crippen LogP) is 4.51. The molecular weight excluding hydrogens is 296 g/mol. The second-order valence-corrected chi connectivity index (χ2v) is 7.46. The quantitative estimate of drug-likeness (QED) is 0.851. The normalized spacial score (nSPS) is 11.5. The third-order valence-corrected chi connectivity index (χ3v) is 4.59. The summed E-state index contributed by atoms with van der Waals surface area (Å²) in [5.41, 5.74) is 3.32. The standard InChI is InChI=1S/C17H22N2O2S/c1-11-14(9-10-15(20)21)22-16(18-11)19-13-7-5-12(6-8-13)17(2,3)4/h5-8H,9-10H2,1-4H3,(H,18,19)(H,20,21). The third-order valence-electron chi connectivity index (χ3n) is 3.46. The molecule has 0 aliphatic heterocycles. The summed E-state index contributed by atoms with van der Waals surface area (Å²) in [5.74, 6) is -0.778. The summed E-state index contributed by atoms with van der Waals surface area (Å²) in [5, 5.41) is 12.9. The maximum absolute atomic E-state index is 10.7. The molecule has 0 unspecified atom stereocenters. The van der Waals surface area contributed by atoms with Crippen LogP contribution in [0.1, 0.15) is 43.3 Å². The summed E-state index contributed by atoms with van der Waals surface area (Å²) >= 11 is 1.52. The van der Waals surface area contributed by atoms with Crippen LogP contribution >= 0.6 is 11.3 Å². The summed E-state index contributed by atoms with van der Waals surface area (Å²) in [6.45, 7) is 8.48. The lowest BCUT2D eigenvalue weighted by Crippen LogP contribution is -2.10. The molecular formula is C17H22N2O2S. The van der Waals surface area contributed by atoms with Gasteiger partial charge in [0.05, 0.1) is 12.1 Å². The number of benzene rings is 1. The van der Waals surface area contributed by atoms with Crippen LogP contribution in [0.15, 0.2) is 24.3 Å². The Labute approximate surface area is 135 Å². The van der Waals surface area contributed by atoms with Gasteiger partial charge >= 0.3 is 5.97 Å². The summed E-state index contributed by atoms with van der Waals surface area (Å²) in [6.07, 6.45) is 0.673. The van der Waals surface area contributed by atoms with Crippen molar-refractivity contribution in [3.8, 4) is 0 Å². The predicted molar refractivity (Wildman–Crippen MR) is 91.2 cm³/mol. The van der Waals surface area contributed by atoms with Gasteiger partial charge < -0.3 is 10.4 Å². The minimum atomic E-state index is -0.778. The molecule has 0 spiro atoms. The molecule has 2 rings (SSSR count). The smallest absolute Gasteiger partial charge is 0.303 e. The molecule has 118 valence electrons. The average molecular weight is 318 g/mol. The van der Waals surface area contributed by atoms with Crippen LogP contribution in [0.25, 0.3) is 0 Å². The number of aliphatic carboxylic acids is 1. The minimum Gasteiger partial charge on any atom is -0.481 e. The van der Waals surface area contributed by atoms with E-state index >= 15 is 0 Å². The van der Waals surface area contributed by atoms with Gasteiger partial charge in [-0.3, -0.25) is 4.79 Å². The van der Waals surface area contributed by atoms with Crippen molar-refractivity contribution < 1.29 is 9.90 Å². The molecule has 2 N–H and O–H groups in total. The first-order chi connectivity index (χ1) is 10.3. The molecule has 5 heteroatoms. The van der Waals surface area contributed by atoms with E-state index in [1.54, 1.807) is 0 Å². The van der Waals surface area contributed by atoms with E-state index in [0.29, 0.717) is 6.42 Å². The Morgan fingerprint density at radius 2 is 1.91 bits per heavy atom. The Morgan fingerprint density at radius 1 is 1.27 bits per heavy atom. The molecule has 0 radical (unpaired) electrons. The van der Waals surface area contributed by atoms with E-state index in [9.17, 15) is 4.79 Å². The van der Waals surface area contributed by atoms with Gasteiger partial charge in [-0.25, -0.2) is 4.98 Å². The Kier molecular flexibility index (Phi) is 4.86. The van der Waals surface area contributed by atoms with E-state index < -0.39 is 5.97 Å². The molecule has 1 heterocycles. The maximum Gasteiger partial charge on any atom is 0.303 e. The topological polar surface area (TPSA) is 62.2 Å². The molecule has 0 saturated heterocycles. The number of nitrogens with zero attached hydrogens (tertiary/aromatic N) is 1. The maximum atomic E-state index is 10.7. The zero-order chi connectivity index (χ0) is 16.3. The van der Waals surface area contributed by atoms with E-state index in [4.69, 9.17) is 5.11 Å². The van der Waals surface area contributed by atoms with E-state index in [2.05, 4.69) is 43.2 Å². The second-order valence-electron chi connectivity index (χ2n) is 6.37. The van der Waals surface area contributed by atoms with Gasteiger partial charge in [0.2, 0.25) is 0 Å². The van der Waals surface area contributed by atoms with Crippen LogP contribution in [0.2, 0.25) is 0 Å². The number of aromatic nitrogens is 1. The highest BCUT2D eigenvalue weighted by molar-refractivity contribution is 7.15. The van der Waals surface area contributed by atoms with Gasteiger partial charge in [0, 0.05) is 10.6 Å². The van der Waals surface area contributed by atoms with Gasteiger partial charge in [0.1, 0.15) is 0 Å². The SMILES string of the molecule is Cc1nc(Nc2ccc(C(C)(C)C)cc2)sc1CCC(=O)O. The fourth-order valence-corrected chi connectivity index (χ4v) is 3.09. The largest absolute Gasteiger partial charge is 0.481 e. The number of thiazole rings is 1. The lowest BCUT2D eigenvalue weighted by molar-refractivity contribution is -0.136. The molecule has 1 aromatic heterocycles. The average Bonchev–Trinajstić information content (AvgIpc) is 2.76. The highest BCUT2D eigenvalue weighted by atomic mass is 32.1. The summed E-state index contributed by atoms with van der Waals surface area (Å²) in [4.78, 5) is 16.2. The molecule has 0 aliphatic carbocycles. The van der Waals surface area contributed by atoms with Gasteiger partial charge in [-0.2, -0.15) is 0 Å². The zero-order valence-electron chi connectivity index (χ0n) is 13.4. The number of rotatable bonds is 5. The molecule has 1 aromatic carbocycles. The fraction of sp³-hybridized carbons (Fsp3) is 0.412. The number of carboxylic acids is 1. The number of aryl methyl sites for hydroxylation is 2. The minimum absolute atomic E-state index is 0.139. The van der Waals surface area contributed by atoms with Crippen LogP contribution in [-0.4, -0.2) is 16.1 Å². The van der Waals surface area contributed by atoms with Crippen molar-refractivity contribution in [3.63, 3.8) is 0 Å². The van der Waals surface area contributed by atoms with Gasteiger partial charge in [0.25, 0.3) is 0 Å². The first-order valence-electron chi connectivity index (χ1n) is 7.31. The summed E-state index contributed by atoms with van der Waals surface area (Å²) in [6, 6.07) is 8.34. The first-order valence-corrected chi connectivity index (χ1v) is 8.13. The zero-order valence-corrected chi connectivity index (χ0v) is 14.3. The van der Waals surface area contributed by atoms with Crippen molar-refractivity contribution in [3.05, 3.63) is 40.4 Å². The van der Waals surface area contributed by atoms with Gasteiger partial charge in [-0.1, -0.05) is 32.9 Å². The third kappa shape index (κ3) is 4.31. The molecule has 22 heavy (non-hydrogen) atoms. The first kappa shape index (κ1) is 16.5. The number of anilines is 2. The van der Waals surface area contributed by atoms with Crippen LogP contribution < -0.4 is 5.32 Å². The van der Waals surface area contributed by atoms with Crippen LogP contribution in [0.3, 0.4) is 0 Å². The highest BCUT2D eigenvalue weighted by Crippen LogP contribution is 2.28. The van der Waals surface area contributed by atoms with Crippen molar-refractivity contribution in [1.29, 1.82) is 0 Å². The lowest BCUT2D eigenvalue weighted by Gasteiger charge is -2.19. The van der Waals surface area contributed by atoms with E-state index in [-0.39, 0.29) is 11.8 Å². The Morgan fingerprint density at radius 3 is 2.45 bits per heavy atom. The fourth-order valence-electron chi connectivity index (χ4n) is 2.11. The Hall–Kier alpha value is -1.88. The van der Waals surface area contributed by atoms with Crippen molar-refractivity contribution in [2.75, 3.05) is 5.32 Å². The monoisotopic (exact) mass is 318 g/mol. The number of hydrogen-bond donors (Lipinski definition) is 2. The second kappa shape index (κ2) is 6.48. The van der Waals surface area contributed by atoms with Crippen LogP contribution in [0.4, 0.5) is 10.8 Å². The number of hydrogen-bond acceptors (Lipinski definition) is 4. The molecule has 0 aliphatic rings. The molecule has 0 bridgehead atoms. The van der Waals surface area contributed by atoms with Crippen LogP contribution in [0.5, 0.6) is 0 Å². The molecule has 0 atom stereocenters. The Balaban J connectivity index is 2.07. The van der Waals surface area contributed by atoms with E-state index in [1.807, 2.05) is 19.1 Å². The van der Waals surface area contributed by atoms with Gasteiger partial charge in [-0.05, 0) is 36.5 Å². The van der Waals surface area contributed by atoms with E-state index in [0.717, 1.165) is 21.4 Å². The van der Waals surface area contributed by atoms with Gasteiger partial charge in [-0.15, -0.1) is 11.3 Å². The molecule has 0 fully saturated rings. The highest BCUT2D eigenvalue weighted by Gasteiger charge is 2.13. The van der Waals surface area contributed by atoms with Crippen LogP contribution in [-0.2, 0) is 16.6 Å². The van der Waals surface area contributed by atoms with E-state index in [1.165, 1.54) is 16.9 Å². The summed E-state index contributed by atoms with van der Waals surface area (Å²) < 4.78 is 0. The van der Waals surface area contributed by atoms with Crippen molar-refractivity contribution in [1.82, 2.24) is 4.98 Å². The van der Waals surface area contributed by atoms with Crippen LogP contribution in [0, 0.1) is 6.92 Å². The molecule has 2 aromatic rings. The number of carboxylic acid groups (broad SMARTS) is 1. The van der Waals surface area contributed by atoms with Crippen molar-refractivity contribution >= 4 is 28.1 Å². The number of nitrogens with one attached hydrogen (secondary N) is 1. The molecule has 0 amide bonds. The molecule has 4 nitrogen and oxygen atoms in total. The van der Waals surface area contributed by atoms with Crippen molar-refractivity contribution in [2.45, 2.75) is 46.0 Å². The molecule has 0 saturated carbocycles. The van der Waals surface area contributed by atoms with Gasteiger partial charge in [0.15, 0.2) is 5.13 Å².